The van der Waals surface area contributed by atoms with E-state index in [1.807, 2.05) is 49.4 Å². The molecule has 0 amide bonds. The number of rotatable bonds is 1. The van der Waals surface area contributed by atoms with Crippen LogP contribution in [0.5, 0.6) is 0 Å². The van der Waals surface area contributed by atoms with Crippen molar-refractivity contribution in [3.8, 4) is 5.69 Å². The third-order valence-corrected chi connectivity index (χ3v) is 4.24. The van der Waals surface area contributed by atoms with Crippen molar-refractivity contribution in [2.45, 2.75) is 6.92 Å². The van der Waals surface area contributed by atoms with Crippen LogP contribution >= 0.6 is 15.9 Å². The molecule has 4 aromatic rings. The van der Waals surface area contributed by atoms with E-state index < -0.39 is 0 Å². The summed E-state index contributed by atoms with van der Waals surface area (Å²) >= 11 is 3.44. The Morgan fingerprint density at radius 3 is 2.82 bits per heavy atom. The summed E-state index contributed by atoms with van der Waals surface area (Å²) in [6.45, 7) is 2.01. The summed E-state index contributed by atoms with van der Waals surface area (Å²) < 4.78 is 2.54. The number of nitrogens with one attached hydrogen (secondary N) is 1. The quantitative estimate of drug-likeness (QED) is 0.563. The van der Waals surface area contributed by atoms with Gasteiger partial charge < -0.3 is 0 Å². The predicted molar refractivity (Wildman–Crippen MR) is 91.6 cm³/mol. The molecule has 0 aliphatic heterocycles. The SMILES string of the molecule is Cc1cccc(-n2[nH]c3c(cnc4cc(Br)ccc43)c2=O)c1. The topological polar surface area (TPSA) is 50.7 Å². The van der Waals surface area contributed by atoms with Gasteiger partial charge in [-0.1, -0.05) is 28.1 Å². The Balaban J connectivity index is 2.08. The second-order valence-corrected chi connectivity index (χ2v) is 6.22. The van der Waals surface area contributed by atoms with Gasteiger partial charge in [0.25, 0.3) is 5.56 Å². The molecule has 0 saturated carbocycles. The molecule has 108 valence electrons. The van der Waals surface area contributed by atoms with Crippen LogP contribution in [0.15, 0.2) is 57.9 Å². The molecule has 2 heterocycles. The van der Waals surface area contributed by atoms with Crippen LogP contribution in [0, 0.1) is 6.92 Å². The van der Waals surface area contributed by atoms with Crippen LogP contribution in [0.4, 0.5) is 0 Å². The van der Waals surface area contributed by atoms with Gasteiger partial charge in [0.1, 0.15) is 0 Å². The van der Waals surface area contributed by atoms with Gasteiger partial charge >= 0.3 is 0 Å². The first kappa shape index (κ1) is 13.3. The number of pyridine rings is 1. The van der Waals surface area contributed by atoms with Crippen molar-refractivity contribution < 1.29 is 0 Å². The van der Waals surface area contributed by atoms with Crippen LogP contribution in [-0.4, -0.2) is 14.8 Å². The second-order valence-electron chi connectivity index (χ2n) is 5.30. The molecule has 4 rings (SSSR count). The number of aryl methyl sites for hydroxylation is 1. The summed E-state index contributed by atoms with van der Waals surface area (Å²) in [7, 11) is 0. The van der Waals surface area contributed by atoms with Gasteiger partial charge in [-0.05, 0) is 42.8 Å². The highest BCUT2D eigenvalue weighted by molar-refractivity contribution is 9.10. The molecule has 0 unspecified atom stereocenters. The van der Waals surface area contributed by atoms with Crippen molar-refractivity contribution in [2.75, 3.05) is 0 Å². The van der Waals surface area contributed by atoms with E-state index in [-0.39, 0.29) is 5.56 Å². The number of aromatic amines is 1. The molecule has 0 aliphatic carbocycles. The summed E-state index contributed by atoms with van der Waals surface area (Å²) in [6.07, 6.45) is 1.63. The molecule has 0 atom stereocenters. The number of hydrogen-bond acceptors (Lipinski definition) is 2. The Hall–Kier alpha value is -2.40. The summed E-state index contributed by atoms with van der Waals surface area (Å²) in [5, 5.41) is 4.75. The van der Waals surface area contributed by atoms with Gasteiger partial charge in [-0.2, -0.15) is 0 Å². The lowest BCUT2D eigenvalue weighted by atomic mass is 10.2. The number of nitrogens with zero attached hydrogens (tertiary/aromatic N) is 2. The number of fused-ring (bicyclic) bond motifs is 3. The van der Waals surface area contributed by atoms with Crippen LogP contribution in [0.25, 0.3) is 27.5 Å². The summed E-state index contributed by atoms with van der Waals surface area (Å²) in [4.78, 5) is 17.0. The Kier molecular flexibility index (Phi) is 2.90. The minimum atomic E-state index is -0.0853. The van der Waals surface area contributed by atoms with E-state index in [2.05, 4.69) is 26.0 Å². The highest BCUT2D eigenvalue weighted by Gasteiger charge is 2.12. The molecule has 2 aromatic carbocycles. The lowest BCUT2D eigenvalue weighted by Crippen LogP contribution is -2.14. The maximum Gasteiger partial charge on any atom is 0.280 e. The first-order chi connectivity index (χ1) is 10.6. The Morgan fingerprint density at radius 2 is 2.00 bits per heavy atom. The summed E-state index contributed by atoms with van der Waals surface area (Å²) in [5.74, 6) is 0. The van der Waals surface area contributed by atoms with E-state index in [0.717, 1.165) is 32.1 Å². The molecule has 5 heteroatoms. The van der Waals surface area contributed by atoms with Crippen molar-refractivity contribution in [2.24, 2.45) is 0 Å². The second kappa shape index (κ2) is 4.81. The summed E-state index contributed by atoms with van der Waals surface area (Å²) in [6, 6.07) is 13.7. The molecular weight excluding hydrogens is 342 g/mol. The molecule has 4 nitrogen and oxygen atoms in total. The Labute approximate surface area is 134 Å². The van der Waals surface area contributed by atoms with E-state index in [9.17, 15) is 4.79 Å². The lowest BCUT2D eigenvalue weighted by Gasteiger charge is -2.02. The number of aromatic nitrogens is 3. The lowest BCUT2D eigenvalue weighted by molar-refractivity contribution is 0.863. The van der Waals surface area contributed by atoms with Gasteiger partial charge in [-0.15, -0.1) is 0 Å². The molecule has 2 aromatic heterocycles. The fourth-order valence-electron chi connectivity index (χ4n) is 2.68. The van der Waals surface area contributed by atoms with Gasteiger partial charge in [0, 0.05) is 16.1 Å². The van der Waals surface area contributed by atoms with Crippen molar-refractivity contribution in [1.82, 2.24) is 14.8 Å². The fourth-order valence-corrected chi connectivity index (χ4v) is 3.03. The van der Waals surface area contributed by atoms with Crippen molar-refractivity contribution in [3.05, 3.63) is 69.1 Å². The third-order valence-electron chi connectivity index (χ3n) is 3.75. The van der Waals surface area contributed by atoms with E-state index in [1.165, 1.54) is 0 Å². The number of hydrogen-bond donors (Lipinski definition) is 1. The Bertz CT molecular complexity index is 1080. The van der Waals surface area contributed by atoms with Crippen molar-refractivity contribution in [1.29, 1.82) is 0 Å². The molecule has 0 spiro atoms. The monoisotopic (exact) mass is 353 g/mol. The number of halogens is 1. The van der Waals surface area contributed by atoms with Gasteiger partial charge in [0.2, 0.25) is 0 Å². The maximum absolute atomic E-state index is 12.6. The zero-order valence-corrected chi connectivity index (χ0v) is 13.4. The van der Waals surface area contributed by atoms with E-state index >= 15 is 0 Å². The van der Waals surface area contributed by atoms with E-state index in [0.29, 0.717) is 5.39 Å². The van der Waals surface area contributed by atoms with Gasteiger partial charge in [0.05, 0.1) is 22.1 Å². The van der Waals surface area contributed by atoms with Crippen LogP contribution in [0.1, 0.15) is 5.56 Å². The average Bonchev–Trinajstić information content (AvgIpc) is 2.84. The standard InChI is InChI=1S/C17H12BrN3O/c1-10-3-2-4-12(7-10)21-17(22)14-9-19-15-8-11(18)5-6-13(15)16(14)20-21/h2-9,20H,1H3. The van der Waals surface area contributed by atoms with Gasteiger partial charge in [-0.3, -0.25) is 14.9 Å². The fraction of sp³-hybridized carbons (Fsp3) is 0.0588. The third kappa shape index (κ3) is 1.97. The number of H-pyrrole nitrogens is 1. The van der Waals surface area contributed by atoms with Crippen LogP contribution in [0.3, 0.4) is 0 Å². The van der Waals surface area contributed by atoms with Gasteiger partial charge in [0.15, 0.2) is 0 Å². The highest BCUT2D eigenvalue weighted by atomic mass is 79.9. The normalized spacial score (nSPS) is 11.4. The predicted octanol–water partition coefficient (Wildman–Crippen LogP) is 3.94. The molecule has 0 aliphatic rings. The summed E-state index contributed by atoms with van der Waals surface area (Å²) in [5.41, 5.74) is 3.50. The molecule has 1 N–H and O–H groups in total. The first-order valence-electron chi connectivity index (χ1n) is 6.89. The molecular formula is C17H12BrN3O. The van der Waals surface area contributed by atoms with Crippen molar-refractivity contribution in [3.63, 3.8) is 0 Å². The van der Waals surface area contributed by atoms with Crippen LogP contribution < -0.4 is 5.56 Å². The highest BCUT2D eigenvalue weighted by Crippen LogP contribution is 2.24. The minimum Gasteiger partial charge on any atom is -0.290 e. The minimum absolute atomic E-state index is 0.0853. The zero-order chi connectivity index (χ0) is 15.3. The van der Waals surface area contributed by atoms with Crippen LogP contribution in [0.2, 0.25) is 0 Å². The zero-order valence-electron chi connectivity index (χ0n) is 11.8. The average molecular weight is 354 g/mol. The van der Waals surface area contributed by atoms with Crippen LogP contribution in [-0.2, 0) is 0 Å². The molecule has 0 saturated heterocycles. The first-order valence-corrected chi connectivity index (χ1v) is 7.69. The van der Waals surface area contributed by atoms with E-state index in [1.54, 1.807) is 10.9 Å². The number of benzene rings is 2. The molecule has 0 bridgehead atoms. The van der Waals surface area contributed by atoms with Gasteiger partial charge in [-0.25, -0.2) is 4.68 Å². The molecule has 0 radical (unpaired) electrons. The molecule has 0 fully saturated rings. The Morgan fingerprint density at radius 1 is 1.14 bits per heavy atom. The maximum atomic E-state index is 12.6. The largest absolute Gasteiger partial charge is 0.290 e. The smallest absolute Gasteiger partial charge is 0.280 e. The van der Waals surface area contributed by atoms with Crippen molar-refractivity contribution >= 4 is 37.7 Å². The molecule has 22 heavy (non-hydrogen) atoms. The van der Waals surface area contributed by atoms with E-state index in [4.69, 9.17) is 0 Å².